The van der Waals surface area contributed by atoms with Crippen LogP contribution >= 0.6 is 0 Å². The Morgan fingerprint density at radius 1 is 1.13 bits per heavy atom. The number of aromatic amines is 2. The van der Waals surface area contributed by atoms with E-state index in [1.165, 1.54) is 12.1 Å². The zero-order chi connectivity index (χ0) is 27.6. The largest absolute Gasteiger partial charge is 0.345 e. The van der Waals surface area contributed by atoms with E-state index in [0.29, 0.717) is 41.0 Å². The van der Waals surface area contributed by atoms with Crippen LogP contribution in [-0.2, 0) is 11.3 Å². The van der Waals surface area contributed by atoms with Crippen LogP contribution in [-0.4, -0.2) is 43.5 Å². The van der Waals surface area contributed by atoms with Gasteiger partial charge in [-0.05, 0) is 85.9 Å². The number of hydrogen-bond acceptors (Lipinski definition) is 4. The van der Waals surface area contributed by atoms with E-state index in [2.05, 4.69) is 41.5 Å². The fourth-order valence-corrected chi connectivity index (χ4v) is 6.02. The van der Waals surface area contributed by atoms with Crippen LogP contribution in [0.5, 0.6) is 0 Å². The van der Waals surface area contributed by atoms with Gasteiger partial charge in [-0.3, -0.25) is 19.7 Å². The third kappa shape index (κ3) is 5.40. The molecule has 0 unspecified atom stereocenters. The van der Waals surface area contributed by atoms with E-state index < -0.39 is 5.66 Å². The third-order valence-corrected chi connectivity index (χ3v) is 8.32. The van der Waals surface area contributed by atoms with Crippen molar-refractivity contribution in [3.05, 3.63) is 76.9 Å². The van der Waals surface area contributed by atoms with Crippen molar-refractivity contribution in [3.63, 3.8) is 0 Å². The van der Waals surface area contributed by atoms with Gasteiger partial charge in [0.1, 0.15) is 17.2 Å². The predicted octanol–water partition coefficient (Wildman–Crippen LogP) is 5.52. The molecule has 2 aliphatic rings. The summed E-state index contributed by atoms with van der Waals surface area (Å²) in [6, 6.07) is 13.4. The Morgan fingerprint density at radius 2 is 1.79 bits per heavy atom. The first-order chi connectivity index (χ1) is 18.8. The molecule has 2 aromatic carbocycles. The second-order valence-electron chi connectivity index (χ2n) is 11.1. The van der Waals surface area contributed by atoms with Crippen molar-refractivity contribution >= 4 is 17.5 Å². The maximum Gasteiger partial charge on any atom is 0.275 e. The Bertz CT molecular complexity index is 1310. The number of nitrogens with zero attached hydrogens (tertiary/aromatic N) is 3. The topological polar surface area (TPSA) is 106 Å². The summed E-state index contributed by atoms with van der Waals surface area (Å²) in [4.78, 5) is 33.9. The van der Waals surface area contributed by atoms with E-state index in [-0.39, 0.29) is 23.7 Å². The summed E-state index contributed by atoms with van der Waals surface area (Å²) in [7, 11) is 0. The highest BCUT2D eigenvalue weighted by atomic mass is 19.1. The summed E-state index contributed by atoms with van der Waals surface area (Å²) in [6.45, 7) is 6.96. The molecule has 3 aromatic rings. The van der Waals surface area contributed by atoms with Crippen molar-refractivity contribution < 1.29 is 14.0 Å². The van der Waals surface area contributed by atoms with Crippen LogP contribution in [0.2, 0.25) is 0 Å². The number of amides is 2. The van der Waals surface area contributed by atoms with Gasteiger partial charge in [-0.25, -0.2) is 9.60 Å². The van der Waals surface area contributed by atoms with Gasteiger partial charge in [0.05, 0.1) is 12.6 Å². The fraction of sp³-hybridized carbons (Fsp3) is 0.467. The summed E-state index contributed by atoms with van der Waals surface area (Å²) in [5.41, 5.74) is 1.98. The molecular weight excluding hydrogens is 495 g/mol. The normalized spacial score (nSPS) is 22.0. The van der Waals surface area contributed by atoms with Crippen molar-refractivity contribution in [2.45, 2.75) is 77.5 Å². The molecule has 1 aromatic heterocycles. The number of nitrogens with one attached hydrogen (secondary N) is 3. The average molecular weight is 533 g/mol. The number of carbonyl (C=O) groups excluding carboxylic acids is 2. The Labute approximate surface area is 228 Å². The summed E-state index contributed by atoms with van der Waals surface area (Å²) in [5, 5.41) is 12.1. The van der Waals surface area contributed by atoms with E-state index in [0.717, 1.165) is 44.1 Å². The van der Waals surface area contributed by atoms with Crippen molar-refractivity contribution in [2.75, 3.05) is 0 Å². The summed E-state index contributed by atoms with van der Waals surface area (Å²) < 4.78 is 13.7. The number of H-pyrrole nitrogens is 2. The van der Waals surface area contributed by atoms with Gasteiger partial charge in [-0.1, -0.05) is 39.3 Å². The minimum Gasteiger partial charge on any atom is -0.345 e. The van der Waals surface area contributed by atoms with Crippen LogP contribution < -0.4 is 5.32 Å². The fourth-order valence-electron chi connectivity index (χ4n) is 6.02. The van der Waals surface area contributed by atoms with Crippen molar-refractivity contribution in [1.82, 2.24) is 25.6 Å². The van der Waals surface area contributed by atoms with Crippen molar-refractivity contribution in [2.24, 2.45) is 16.8 Å². The highest BCUT2D eigenvalue weighted by Gasteiger charge is 2.51. The number of aromatic nitrogens is 3. The monoisotopic (exact) mass is 532 g/mol. The highest BCUT2D eigenvalue weighted by molar-refractivity contribution is 6.46. The minimum absolute atomic E-state index is 0.104. The maximum atomic E-state index is 14.1. The maximum absolute atomic E-state index is 14.1. The van der Waals surface area contributed by atoms with Crippen LogP contribution in [0.1, 0.15) is 92.6 Å². The minimum atomic E-state index is -0.618. The number of halogens is 1. The standard InChI is InChI=1S/C30H37FN6O2/c1-4-5-25(21-6-8-23(9-7-21)28(38)32-18-26-34-36-35-26)37-29(39)27(22-10-12-24(31)13-11-22)33-30(37)16-14-20(15-17-30)19(2)3/h6-13,19-20,25,36H,4-5,14-18H2,1-3H3,(H,32,38)(H,34,35)/t20?,25-,30?/m1/s1. The van der Waals surface area contributed by atoms with E-state index in [4.69, 9.17) is 4.99 Å². The first-order valence-electron chi connectivity index (χ1n) is 14.0. The van der Waals surface area contributed by atoms with Crippen LogP contribution in [0.3, 0.4) is 0 Å². The molecule has 206 valence electrons. The Morgan fingerprint density at radius 3 is 2.36 bits per heavy atom. The van der Waals surface area contributed by atoms with Crippen molar-refractivity contribution in [1.29, 1.82) is 0 Å². The van der Waals surface area contributed by atoms with Crippen LogP contribution in [0.25, 0.3) is 0 Å². The van der Waals surface area contributed by atoms with E-state index in [1.807, 2.05) is 29.2 Å². The van der Waals surface area contributed by atoms with Gasteiger partial charge in [0.2, 0.25) is 0 Å². The lowest BCUT2D eigenvalue weighted by molar-refractivity contribution is -0.133. The summed E-state index contributed by atoms with van der Waals surface area (Å²) in [5.74, 6) is 1.24. The number of carbonyl (C=O) groups is 2. The lowest BCUT2D eigenvalue weighted by Gasteiger charge is -2.46. The highest BCUT2D eigenvalue weighted by Crippen LogP contribution is 2.48. The molecule has 1 atom stereocenters. The third-order valence-electron chi connectivity index (χ3n) is 8.32. The molecule has 1 spiro atoms. The Balaban J connectivity index is 1.45. The zero-order valence-electron chi connectivity index (χ0n) is 22.8. The van der Waals surface area contributed by atoms with E-state index in [9.17, 15) is 14.0 Å². The van der Waals surface area contributed by atoms with E-state index >= 15 is 0 Å². The van der Waals surface area contributed by atoms with Crippen LogP contribution in [0.4, 0.5) is 4.39 Å². The molecule has 2 amide bonds. The zero-order valence-corrected chi connectivity index (χ0v) is 22.8. The smallest absolute Gasteiger partial charge is 0.275 e. The SMILES string of the molecule is CCC[C@H](c1ccc(C(=O)NCc2n[nH][nH]2)cc1)N1C(=O)C(c2ccc(F)cc2)=NC12CCC(C(C)C)CC2. The van der Waals surface area contributed by atoms with E-state index in [1.54, 1.807) is 12.1 Å². The molecule has 3 N–H and O–H groups in total. The first kappa shape index (κ1) is 26.8. The second kappa shape index (κ2) is 11.2. The Hall–Kier alpha value is -3.75. The van der Waals surface area contributed by atoms with Gasteiger partial charge in [0.25, 0.3) is 11.8 Å². The van der Waals surface area contributed by atoms with Gasteiger partial charge >= 0.3 is 0 Å². The number of aliphatic imine (C=N–C) groups is 1. The quantitative estimate of drug-likeness (QED) is 0.338. The lowest BCUT2D eigenvalue weighted by Crippen LogP contribution is -2.51. The molecule has 8 nitrogen and oxygen atoms in total. The lowest BCUT2D eigenvalue weighted by atomic mass is 9.76. The number of benzene rings is 2. The van der Waals surface area contributed by atoms with Gasteiger partial charge < -0.3 is 10.2 Å². The predicted molar refractivity (Wildman–Crippen MR) is 148 cm³/mol. The number of rotatable bonds is 9. The molecule has 39 heavy (non-hydrogen) atoms. The first-order valence-corrected chi connectivity index (χ1v) is 14.0. The van der Waals surface area contributed by atoms with Crippen LogP contribution in [0, 0.1) is 17.7 Å². The summed E-state index contributed by atoms with van der Waals surface area (Å²) >= 11 is 0. The second-order valence-corrected chi connectivity index (χ2v) is 11.1. The van der Waals surface area contributed by atoms with Gasteiger partial charge in [0, 0.05) is 11.1 Å². The molecule has 1 aliphatic carbocycles. The van der Waals surface area contributed by atoms with Gasteiger partial charge in [-0.15, -0.1) is 5.10 Å². The van der Waals surface area contributed by atoms with Crippen molar-refractivity contribution in [3.8, 4) is 0 Å². The summed E-state index contributed by atoms with van der Waals surface area (Å²) in [6.07, 6.45) is 5.29. The molecule has 0 bridgehead atoms. The Kier molecular flexibility index (Phi) is 7.68. The molecule has 1 saturated carbocycles. The molecule has 5 rings (SSSR count). The average Bonchev–Trinajstić information content (AvgIpc) is 3.18. The van der Waals surface area contributed by atoms with Crippen LogP contribution in [0.15, 0.2) is 53.5 Å². The van der Waals surface area contributed by atoms with Gasteiger partial charge in [0.15, 0.2) is 5.82 Å². The molecule has 0 radical (unpaired) electrons. The molecule has 1 fully saturated rings. The molecule has 1 aliphatic heterocycles. The molecular formula is C30H37FN6O2. The number of hydrogen-bond donors (Lipinski definition) is 3. The molecule has 9 heteroatoms. The van der Waals surface area contributed by atoms with Gasteiger partial charge in [-0.2, -0.15) is 0 Å². The molecule has 0 saturated heterocycles. The molecule has 2 heterocycles.